The fraction of sp³-hybridized carbons (Fsp3) is 0.500. The Bertz CT molecular complexity index is 1320. The van der Waals surface area contributed by atoms with Gasteiger partial charge in [-0.05, 0) is 45.1 Å². The maximum Gasteiger partial charge on any atom is 0.459 e. The number of aromatic nitrogens is 2. The van der Waals surface area contributed by atoms with Crippen LogP contribution in [0.25, 0.3) is 0 Å². The van der Waals surface area contributed by atoms with Gasteiger partial charge in [0.25, 0.3) is 11.2 Å². The number of rotatable bonds is 10. The number of nitrogens with one attached hydrogen (secondary N) is 2. The van der Waals surface area contributed by atoms with Crippen LogP contribution in [0, 0.1) is 4.77 Å². The molecule has 1 aliphatic rings. The molecule has 1 aromatic heterocycles. The van der Waals surface area contributed by atoms with Gasteiger partial charge in [0.05, 0.1) is 12.7 Å². The number of halogens is 4. The molecule has 1 fully saturated rings. The molecule has 1 aromatic carbocycles. The highest BCUT2D eigenvalue weighted by Crippen LogP contribution is 2.53. The van der Waals surface area contributed by atoms with Gasteiger partial charge in [0.2, 0.25) is 0 Å². The van der Waals surface area contributed by atoms with E-state index in [-0.39, 0.29) is 5.75 Å². The number of ether oxygens (including phenoxy) is 2. The molecule has 0 bridgehead atoms. The van der Waals surface area contributed by atoms with Crippen molar-refractivity contribution in [3.05, 3.63) is 57.7 Å². The Hall–Kier alpha value is -2.62. The Balaban J connectivity index is 1.90. The number of nitrogens with zero attached hydrogens (tertiary/aromatic N) is 1. The summed E-state index contributed by atoms with van der Waals surface area (Å²) < 4.78 is 91.7. The van der Waals surface area contributed by atoms with Crippen LogP contribution in [0.5, 0.6) is 5.75 Å². The number of para-hydroxylation sites is 1. The van der Waals surface area contributed by atoms with Gasteiger partial charge in [-0.25, -0.2) is 8.96 Å². The van der Waals surface area contributed by atoms with Crippen LogP contribution in [0.4, 0.5) is 17.6 Å². The average Bonchev–Trinajstić information content (AvgIpc) is 3.09. The van der Waals surface area contributed by atoms with Gasteiger partial charge in [0.1, 0.15) is 24.0 Å². The minimum atomic E-state index is -5.67. The molecular weight excluding hydrogens is 573 g/mol. The Kier molecular flexibility index (Phi) is 9.40. The van der Waals surface area contributed by atoms with E-state index in [9.17, 15) is 32.4 Å². The summed E-state index contributed by atoms with van der Waals surface area (Å²) in [4.78, 5) is 25.7. The smallest absolute Gasteiger partial charge is 0.459 e. The summed E-state index contributed by atoms with van der Waals surface area (Å²) in [6.45, 7) is 3.35. The molecule has 2 aromatic rings. The first-order chi connectivity index (χ1) is 18.1. The van der Waals surface area contributed by atoms with E-state index >= 15 is 4.39 Å². The highest BCUT2D eigenvalue weighted by atomic mass is 32.1. The highest BCUT2D eigenvalue weighted by molar-refractivity contribution is 7.71. The summed E-state index contributed by atoms with van der Waals surface area (Å²) in [6.07, 6.45) is -12.9. The number of aromatic amines is 1. The molecule has 6 unspecified atom stereocenters. The summed E-state index contributed by atoms with van der Waals surface area (Å²) in [6, 6.07) is 6.96. The van der Waals surface area contributed by atoms with E-state index in [1.54, 1.807) is 19.9 Å². The van der Waals surface area contributed by atoms with Crippen LogP contribution in [0.2, 0.25) is 0 Å². The lowest BCUT2D eigenvalue weighted by atomic mass is 9.95. The number of esters is 1. The van der Waals surface area contributed by atoms with Gasteiger partial charge in [-0.15, -0.1) is 0 Å². The lowest BCUT2D eigenvalue weighted by Gasteiger charge is -2.31. The number of aliphatic hydroxyl groups is 1. The molecule has 0 amide bonds. The molecule has 3 N–H and O–H groups in total. The molecule has 1 saturated heterocycles. The second-order valence-electron chi connectivity index (χ2n) is 8.79. The second-order valence-corrected chi connectivity index (χ2v) is 10.9. The van der Waals surface area contributed by atoms with Crippen LogP contribution in [0.1, 0.15) is 27.0 Å². The molecule has 39 heavy (non-hydrogen) atoms. The summed E-state index contributed by atoms with van der Waals surface area (Å²) in [5.41, 5.74) is -5.18. The van der Waals surface area contributed by atoms with Crippen LogP contribution in [0.3, 0.4) is 0 Å². The Morgan fingerprint density at radius 1 is 1.28 bits per heavy atom. The van der Waals surface area contributed by atoms with Gasteiger partial charge in [0.15, 0.2) is 11.0 Å². The van der Waals surface area contributed by atoms with Crippen molar-refractivity contribution in [1.29, 1.82) is 0 Å². The van der Waals surface area contributed by atoms with E-state index in [0.717, 1.165) is 12.3 Å². The normalized spacial score (nSPS) is 25.7. The van der Waals surface area contributed by atoms with Crippen molar-refractivity contribution < 1.29 is 50.5 Å². The van der Waals surface area contributed by atoms with Crippen molar-refractivity contribution in [2.24, 2.45) is 0 Å². The first kappa shape index (κ1) is 30.9. The number of benzene rings is 1. The summed E-state index contributed by atoms with van der Waals surface area (Å²) in [5.74, 6) is -0.840. The second kappa shape index (κ2) is 11.9. The van der Waals surface area contributed by atoms with Crippen LogP contribution < -0.4 is 15.2 Å². The fourth-order valence-corrected chi connectivity index (χ4v) is 5.34. The molecule has 6 atom stereocenters. The Morgan fingerprint density at radius 2 is 1.92 bits per heavy atom. The number of H-pyrrole nitrogens is 1. The van der Waals surface area contributed by atoms with Crippen molar-refractivity contribution in [2.75, 3.05) is 6.61 Å². The van der Waals surface area contributed by atoms with E-state index < -0.39 is 73.1 Å². The molecule has 0 radical (unpaired) electrons. The standard InChI is InChI=1S/C22H26F4N3O8PS/c1-12(2)35-18(32)13(3)28-38(33,37-14-7-5-4-6-8-14)34-11-15-17(31)21(23,22(24,25)26)19(36-15)29-10-9-16(30)27-20(29)39/h4-10,12-13,15,17,19,31H,11H2,1-3H3,(H,28,33)(H,27,30,39). The number of hydrogen-bond donors (Lipinski definition) is 3. The van der Waals surface area contributed by atoms with Crippen molar-refractivity contribution in [3.63, 3.8) is 0 Å². The van der Waals surface area contributed by atoms with Crippen molar-refractivity contribution in [1.82, 2.24) is 14.6 Å². The molecule has 3 rings (SSSR count). The third kappa shape index (κ3) is 6.94. The summed E-state index contributed by atoms with van der Waals surface area (Å²) >= 11 is 4.84. The van der Waals surface area contributed by atoms with E-state index in [1.165, 1.54) is 31.2 Å². The molecular formula is C22H26F4N3O8PS. The minimum absolute atomic E-state index is 0.00167. The zero-order valence-electron chi connectivity index (χ0n) is 20.8. The largest absolute Gasteiger partial charge is 0.462 e. The number of hydrogen-bond acceptors (Lipinski definition) is 9. The average molecular weight is 599 g/mol. The molecule has 11 nitrogen and oxygen atoms in total. The first-order valence-corrected chi connectivity index (χ1v) is 13.4. The third-order valence-electron chi connectivity index (χ3n) is 5.42. The van der Waals surface area contributed by atoms with E-state index in [4.69, 9.17) is 30.7 Å². The van der Waals surface area contributed by atoms with Gasteiger partial charge in [0, 0.05) is 12.3 Å². The molecule has 1 aliphatic heterocycles. The van der Waals surface area contributed by atoms with E-state index in [0.29, 0.717) is 4.57 Å². The SMILES string of the molecule is CC(C)OC(=O)C(C)NP(=O)(OCC1OC(n2ccc(=O)[nH]c2=S)C(F)(C(F)(F)F)C1O)Oc1ccccc1. The van der Waals surface area contributed by atoms with Crippen LogP contribution >= 0.6 is 20.0 Å². The quantitative estimate of drug-likeness (QED) is 0.161. The topological polar surface area (TPSA) is 141 Å². The minimum Gasteiger partial charge on any atom is -0.462 e. The number of carbonyl (C=O) groups is 1. The van der Waals surface area contributed by atoms with Crippen molar-refractivity contribution in [2.45, 2.75) is 63.2 Å². The van der Waals surface area contributed by atoms with Crippen LogP contribution in [-0.4, -0.2) is 63.4 Å². The fourth-order valence-electron chi connectivity index (χ4n) is 3.58. The zero-order chi connectivity index (χ0) is 29.2. The third-order valence-corrected chi connectivity index (χ3v) is 7.38. The molecule has 0 aliphatic carbocycles. The maximum atomic E-state index is 15.6. The summed E-state index contributed by atoms with van der Waals surface area (Å²) in [7, 11) is -4.58. The number of alkyl halides is 4. The van der Waals surface area contributed by atoms with Crippen LogP contribution in [-0.2, 0) is 23.4 Å². The Morgan fingerprint density at radius 3 is 2.49 bits per heavy atom. The van der Waals surface area contributed by atoms with Gasteiger partial charge >= 0.3 is 19.9 Å². The predicted octanol–water partition coefficient (Wildman–Crippen LogP) is 3.57. The van der Waals surface area contributed by atoms with Crippen LogP contribution in [0.15, 0.2) is 47.4 Å². The number of aliphatic hydroxyl groups excluding tert-OH is 1. The van der Waals surface area contributed by atoms with Crippen molar-refractivity contribution >= 4 is 25.9 Å². The highest BCUT2D eigenvalue weighted by Gasteiger charge is 2.73. The molecule has 0 spiro atoms. The van der Waals surface area contributed by atoms with E-state index in [1.807, 2.05) is 4.98 Å². The summed E-state index contributed by atoms with van der Waals surface area (Å²) in [5, 5.41) is 12.7. The van der Waals surface area contributed by atoms with Gasteiger partial charge < -0.3 is 19.1 Å². The Labute approximate surface area is 224 Å². The first-order valence-electron chi connectivity index (χ1n) is 11.5. The lowest BCUT2D eigenvalue weighted by Crippen LogP contribution is -2.54. The molecule has 216 valence electrons. The lowest BCUT2D eigenvalue weighted by molar-refractivity contribution is -0.273. The van der Waals surface area contributed by atoms with Gasteiger partial charge in [-0.2, -0.15) is 18.3 Å². The number of carbonyl (C=O) groups excluding carboxylic acids is 1. The monoisotopic (exact) mass is 599 g/mol. The maximum absolute atomic E-state index is 15.6. The molecule has 2 heterocycles. The predicted molar refractivity (Wildman–Crippen MR) is 130 cm³/mol. The van der Waals surface area contributed by atoms with Crippen molar-refractivity contribution in [3.8, 4) is 5.75 Å². The van der Waals surface area contributed by atoms with Gasteiger partial charge in [-0.3, -0.25) is 23.7 Å². The van der Waals surface area contributed by atoms with Gasteiger partial charge in [-0.1, -0.05) is 18.2 Å². The van der Waals surface area contributed by atoms with E-state index in [2.05, 4.69) is 5.09 Å². The zero-order valence-corrected chi connectivity index (χ0v) is 22.5. The molecule has 0 saturated carbocycles. The molecule has 17 heteroatoms.